The van der Waals surface area contributed by atoms with Gasteiger partial charge in [0.25, 0.3) is 0 Å². The normalized spacial score (nSPS) is 14.9. The topological polar surface area (TPSA) is 99.3 Å². The van der Waals surface area contributed by atoms with E-state index in [-0.39, 0.29) is 60.0 Å². The third-order valence-electron chi connectivity index (χ3n) is 6.78. The number of alkyl halides is 3. The summed E-state index contributed by atoms with van der Waals surface area (Å²) < 4.78 is 38.8. The van der Waals surface area contributed by atoms with Crippen LogP contribution in [-0.4, -0.2) is 54.9 Å². The number of hydrogen-bond donors (Lipinski definition) is 4. The van der Waals surface area contributed by atoms with Gasteiger partial charge >= 0.3 is 5.51 Å². The predicted octanol–water partition coefficient (Wildman–Crippen LogP) is 3.71. The maximum atomic E-state index is 13.2. The second kappa shape index (κ2) is 13.2. The number of hydrogen-bond acceptors (Lipinski definition) is 5. The molecule has 1 fully saturated rings. The Labute approximate surface area is 234 Å². The summed E-state index contributed by atoms with van der Waals surface area (Å²) in [5, 5.41) is 13.6. The van der Waals surface area contributed by atoms with E-state index in [4.69, 9.17) is 0 Å². The van der Waals surface area contributed by atoms with E-state index in [9.17, 15) is 27.6 Å². The molecule has 0 radical (unpaired) electrons. The molecule has 0 unspecified atom stereocenters. The Morgan fingerprint density at radius 2 is 1.43 bits per heavy atom. The lowest BCUT2D eigenvalue weighted by Crippen LogP contribution is -2.63. The van der Waals surface area contributed by atoms with E-state index in [1.165, 1.54) is 18.2 Å². The van der Waals surface area contributed by atoms with Gasteiger partial charge in [0.15, 0.2) is 0 Å². The lowest BCUT2D eigenvalue weighted by atomic mass is 9.86. The van der Waals surface area contributed by atoms with Crippen LogP contribution in [0.5, 0.6) is 0 Å². The third-order valence-corrected chi connectivity index (χ3v) is 7.63. The molecule has 1 aliphatic heterocycles. The van der Waals surface area contributed by atoms with Crippen LogP contribution in [0.1, 0.15) is 24.0 Å². The van der Waals surface area contributed by atoms with Gasteiger partial charge in [-0.2, -0.15) is 13.2 Å². The Balaban J connectivity index is 1.31. The van der Waals surface area contributed by atoms with E-state index in [0.717, 1.165) is 16.3 Å². The zero-order valence-electron chi connectivity index (χ0n) is 21.8. The quantitative estimate of drug-likeness (QED) is 0.219. The number of nitrogens with one attached hydrogen (secondary N) is 4. The fraction of sp³-hybridized carbons (Fsp3) is 0.345. The zero-order valence-corrected chi connectivity index (χ0v) is 22.6. The number of rotatable bonds is 10. The highest BCUT2D eigenvalue weighted by Gasteiger charge is 2.41. The summed E-state index contributed by atoms with van der Waals surface area (Å²) in [6, 6.07) is 19.5. The molecular weight excluding hydrogens is 541 g/mol. The van der Waals surface area contributed by atoms with E-state index >= 15 is 0 Å². The van der Waals surface area contributed by atoms with Crippen molar-refractivity contribution in [1.29, 1.82) is 0 Å². The highest BCUT2D eigenvalue weighted by atomic mass is 32.2. The van der Waals surface area contributed by atoms with Crippen molar-refractivity contribution in [3.63, 3.8) is 0 Å². The molecular formula is C29H31F3N4O3S. The van der Waals surface area contributed by atoms with Crippen molar-refractivity contribution in [2.24, 2.45) is 0 Å². The van der Waals surface area contributed by atoms with Crippen LogP contribution in [0, 0.1) is 0 Å². The minimum atomic E-state index is -4.48. The van der Waals surface area contributed by atoms with Crippen LogP contribution in [0.4, 0.5) is 13.2 Å². The number of carbonyl (C=O) groups is 3. The first-order chi connectivity index (χ1) is 19.2. The molecule has 3 aromatic rings. The lowest BCUT2D eigenvalue weighted by molar-refractivity contribution is -0.134. The van der Waals surface area contributed by atoms with E-state index in [1.807, 2.05) is 42.5 Å². The van der Waals surface area contributed by atoms with Crippen molar-refractivity contribution in [1.82, 2.24) is 21.3 Å². The van der Waals surface area contributed by atoms with Crippen molar-refractivity contribution >= 4 is 40.3 Å². The van der Waals surface area contributed by atoms with Crippen LogP contribution in [0.3, 0.4) is 0 Å². The molecule has 3 aromatic carbocycles. The number of benzene rings is 3. The molecule has 11 heteroatoms. The summed E-state index contributed by atoms with van der Waals surface area (Å²) in [5.74, 6) is -1.09. The summed E-state index contributed by atoms with van der Waals surface area (Å²) in [4.78, 5) is 38.7. The van der Waals surface area contributed by atoms with Crippen LogP contribution in [0.2, 0.25) is 0 Å². The van der Waals surface area contributed by atoms with E-state index in [0.29, 0.717) is 25.9 Å². The Kier molecular flexibility index (Phi) is 9.70. The Bertz CT molecular complexity index is 1350. The summed E-state index contributed by atoms with van der Waals surface area (Å²) >= 11 is -0.266. The van der Waals surface area contributed by atoms with Crippen LogP contribution in [0.15, 0.2) is 71.6 Å². The van der Waals surface area contributed by atoms with Crippen molar-refractivity contribution in [3.05, 3.63) is 77.9 Å². The fourth-order valence-corrected chi connectivity index (χ4v) is 5.52. The van der Waals surface area contributed by atoms with Gasteiger partial charge in [0.2, 0.25) is 17.7 Å². The number of carbonyl (C=O) groups excluding carboxylic acids is 3. The number of thioether (sulfide) groups is 1. The van der Waals surface area contributed by atoms with Gasteiger partial charge in [-0.3, -0.25) is 14.4 Å². The van der Waals surface area contributed by atoms with Gasteiger partial charge < -0.3 is 21.3 Å². The maximum absolute atomic E-state index is 13.2. The van der Waals surface area contributed by atoms with E-state index in [2.05, 4.69) is 21.3 Å². The Hall–Kier alpha value is -3.57. The van der Waals surface area contributed by atoms with Gasteiger partial charge in [0.1, 0.15) is 5.54 Å². The molecule has 1 saturated heterocycles. The average molecular weight is 573 g/mol. The first-order valence-corrected chi connectivity index (χ1v) is 13.8. The number of halogens is 3. The molecule has 0 aliphatic carbocycles. The van der Waals surface area contributed by atoms with Crippen molar-refractivity contribution in [3.8, 4) is 0 Å². The van der Waals surface area contributed by atoms with E-state index in [1.54, 1.807) is 6.07 Å². The molecule has 1 aliphatic rings. The minimum Gasteiger partial charge on any atom is -0.354 e. The molecule has 0 spiro atoms. The van der Waals surface area contributed by atoms with Gasteiger partial charge in [-0.25, -0.2) is 0 Å². The molecule has 0 atom stereocenters. The van der Waals surface area contributed by atoms with Crippen LogP contribution >= 0.6 is 11.8 Å². The van der Waals surface area contributed by atoms with Crippen LogP contribution in [-0.2, 0) is 27.2 Å². The number of piperidine rings is 1. The predicted molar refractivity (Wildman–Crippen MR) is 149 cm³/mol. The molecule has 4 rings (SSSR count). The first-order valence-electron chi connectivity index (χ1n) is 13.0. The highest BCUT2D eigenvalue weighted by Crippen LogP contribution is 2.38. The van der Waals surface area contributed by atoms with Crippen LogP contribution in [0.25, 0.3) is 10.8 Å². The monoisotopic (exact) mass is 572 g/mol. The van der Waals surface area contributed by atoms with E-state index < -0.39 is 17.0 Å². The first kappa shape index (κ1) is 29.4. The zero-order chi connectivity index (χ0) is 28.6. The fourth-order valence-electron chi connectivity index (χ4n) is 4.85. The second-order valence-electron chi connectivity index (χ2n) is 9.63. The number of fused-ring (bicyclic) bond motifs is 1. The summed E-state index contributed by atoms with van der Waals surface area (Å²) in [5.41, 5.74) is -4.53. The summed E-state index contributed by atoms with van der Waals surface area (Å²) in [7, 11) is 0. The third kappa shape index (κ3) is 7.98. The van der Waals surface area contributed by atoms with Crippen LogP contribution < -0.4 is 21.3 Å². The highest BCUT2D eigenvalue weighted by molar-refractivity contribution is 8.00. The van der Waals surface area contributed by atoms with Gasteiger partial charge in [0.05, 0.1) is 12.8 Å². The SMILES string of the molecule is O=C(Cc1cccc2ccccc12)NCCNC(=O)C1(NC(=O)Cc2ccccc2SC(F)(F)F)CCNCC1. The second-order valence-corrected chi connectivity index (χ2v) is 10.7. The Morgan fingerprint density at radius 1 is 0.800 bits per heavy atom. The summed E-state index contributed by atoms with van der Waals surface area (Å²) in [6.07, 6.45) is 0.578. The molecule has 0 saturated carbocycles. The number of amides is 3. The minimum absolute atomic E-state index is 0.0480. The van der Waals surface area contributed by atoms with Gasteiger partial charge in [0, 0.05) is 18.0 Å². The Morgan fingerprint density at radius 3 is 2.20 bits per heavy atom. The molecule has 0 bridgehead atoms. The van der Waals surface area contributed by atoms with Gasteiger partial charge in [-0.15, -0.1) is 0 Å². The lowest BCUT2D eigenvalue weighted by Gasteiger charge is -2.37. The van der Waals surface area contributed by atoms with Crippen molar-refractivity contribution in [2.75, 3.05) is 26.2 Å². The van der Waals surface area contributed by atoms with Gasteiger partial charge in [-0.1, -0.05) is 60.7 Å². The molecule has 0 aromatic heterocycles. The molecule has 4 N–H and O–H groups in total. The smallest absolute Gasteiger partial charge is 0.354 e. The maximum Gasteiger partial charge on any atom is 0.446 e. The largest absolute Gasteiger partial charge is 0.446 e. The van der Waals surface area contributed by atoms with Crippen molar-refractivity contribution in [2.45, 2.75) is 41.6 Å². The van der Waals surface area contributed by atoms with Gasteiger partial charge in [-0.05, 0) is 65.7 Å². The average Bonchev–Trinajstić information content (AvgIpc) is 2.92. The molecule has 1 heterocycles. The molecule has 212 valence electrons. The van der Waals surface area contributed by atoms with Crippen molar-refractivity contribution < 1.29 is 27.6 Å². The molecule has 3 amide bonds. The summed E-state index contributed by atoms with van der Waals surface area (Å²) in [6.45, 7) is 1.36. The standard InChI is InChI=1S/C29H31F3N4O3S/c30-29(31,32)40-24-11-4-2-7-22(24)19-26(38)36-28(12-14-33-15-13-28)27(39)35-17-16-34-25(37)18-21-9-5-8-20-6-1-3-10-23(20)21/h1-11,33H,12-19H2,(H,34,37)(H,35,39)(H,36,38). The molecule has 7 nitrogen and oxygen atoms in total. The molecule has 40 heavy (non-hydrogen) atoms.